The van der Waals surface area contributed by atoms with Crippen molar-refractivity contribution in [3.8, 4) is 0 Å². The second kappa shape index (κ2) is 6.02. The van der Waals surface area contributed by atoms with E-state index < -0.39 is 0 Å². The summed E-state index contributed by atoms with van der Waals surface area (Å²) in [5, 5.41) is 0. The molecule has 1 aromatic rings. The number of fused-ring (bicyclic) bond motifs is 1. The van der Waals surface area contributed by atoms with Crippen LogP contribution in [0.15, 0.2) is 24.3 Å². The van der Waals surface area contributed by atoms with E-state index in [0.29, 0.717) is 30.9 Å². The predicted octanol–water partition coefficient (Wildman–Crippen LogP) is 2.65. The standard InChI is InChI=1S/C16H20FNO2/c17-13-7-5-12(6-8-13)15(19)11-18-9-10-20-16-4-2-1-3-14(16)18/h5-8,14,16H,1-4,9-11H2. The Hall–Kier alpha value is -1.26. The van der Waals surface area contributed by atoms with Crippen LogP contribution in [0.4, 0.5) is 4.39 Å². The number of morpholine rings is 1. The number of carbonyl (C=O) groups excluding carboxylic acids is 1. The van der Waals surface area contributed by atoms with Crippen LogP contribution < -0.4 is 0 Å². The lowest BCUT2D eigenvalue weighted by Gasteiger charge is -2.43. The fraction of sp³-hybridized carbons (Fsp3) is 0.562. The van der Waals surface area contributed by atoms with Crippen LogP contribution in [0.5, 0.6) is 0 Å². The van der Waals surface area contributed by atoms with Gasteiger partial charge in [-0.2, -0.15) is 0 Å². The highest BCUT2D eigenvalue weighted by Gasteiger charge is 2.34. The molecule has 0 amide bonds. The maximum absolute atomic E-state index is 12.9. The maximum Gasteiger partial charge on any atom is 0.176 e. The molecule has 1 heterocycles. The van der Waals surface area contributed by atoms with E-state index in [1.807, 2.05) is 0 Å². The smallest absolute Gasteiger partial charge is 0.176 e. The van der Waals surface area contributed by atoms with E-state index in [4.69, 9.17) is 4.74 Å². The van der Waals surface area contributed by atoms with Crippen molar-refractivity contribution < 1.29 is 13.9 Å². The summed E-state index contributed by atoms with van der Waals surface area (Å²) in [6, 6.07) is 6.20. The largest absolute Gasteiger partial charge is 0.375 e. The van der Waals surface area contributed by atoms with Gasteiger partial charge in [-0.1, -0.05) is 12.8 Å². The quantitative estimate of drug-likeness (QED) is 0.796. The third kappa shape index (κ3) is 2.91. The highest BCUT2D eigenvalue weighted by atomic mass is 19.1. The number of rotatable bonds is 3. The molecule has 1 saturated heterocycles. The molecular formula is C16H20FNO2. The number of hydrogen-bond acceptors (Lipinski definition) is 3. The molecule has 1 aliphatic heterocycles. The van der Waals surface area contributed by atoms with E-state index >= 15 is 0 Å². The third-order valence-corrected chi connectivity index (χ3v) is 4.36. The van der Waals surface area contributed by atoms with E-state index in [1.54, 1.807) is 12.1 Å². The van der Waals surface area contributed by atoms with Gasteiger partial charge in [0, 0.05) is 18.2 Å². The van der Waals surface area contributed by atoms with Gasteiger partial charge < -0.3 is 4.74 Å². The molecule has 2 atom stereocenters. The van der Waals surface area contributed by atoms with Crippen molar-refractivity contribution in [1.29, 1.82) is 0 Å². The molecule has 0 spiro atoms. The molecule has 108 valence electrons. The summed E-state index contributed by atoms with van der Waals surface area (Å²) in [7, 11) is 0. The predicted molar refractivity (Wildman–Crippen MR) is 74.3 cm³/mol. The molecule has 1 aliphatic carbocycles. The lowest BCUT2D eigenvalue weighted by molar-refractivity contribution is -0.0846. The molecule has 2 aliphatic rings. The van der Waals surface area contributed by atoms with Gasteiger partial charge in [0.2, 0.25) is 0 Å². The summed E-state index contributed by atoms with van der Waals surface area (Å²) in [6.45, 7) is 1.93. The summed E-state index contributed by atoms with van der Waals surface area (Å²) in [4.78, 5) is 14.5. The van der Waals surface area contributed by atoms with Crippen LogP contribution in [-0.4, -0.2) is 42.5 Å². The fourth-order valence-corrected chi connectivity index (χ4v) is 3.28. The Morgan fingerprint density at radius 1 is 1.25 bits per heavy atom. The van der Waals surface area contributed by atoms with Crippen LogP contribution in [0.1, 0.15) is 36.0 Å². The molecule has 0 N–H and O–H groups in total. The molecule has 0 aromatic heterocycles. The normalized spacial score (nSPS) is 27.1. The Kier molecular flexibility index (Phi) is 4.13. The molecule has 0 bridgehead atoms. The number of ketones is 1. The molecule has 2 fully saturated rings. The summed E-state index contributed by atoms with van der Waals surface area (Å²) in [6.07, 6.45) is 4.94. The molecule has 4 heteroatoms. The molecule has 3 rings (SSSR count). The second-order valence-electron chi connectivity index (χ2n) is 5.66. The van der Waals surface area contributed by atoms with Crippen molar-refractivity contribution in [3.05, 3.63) is 35.6 Å². The molecule has 1 saturated carbocycles. The second-order valence-corrected chi connectivity index (χ2v) is 5.66. The van der Waals surface area contributed by atoms with Crippen molar-refractivity contribution in [2.75, 3.05) is 19.7 Å². The van der Waals surface area contributed by atoms with Gasteiger partial charge in [0.25, 0.3) is 0 Å². The SMILES string of the molecule is O=C(CN1CCOC2CCCCC21)c1ccc(F)cc1. The van der Waals surface area contributed by atoms with E-state index in [-0.39, 0.29) is 11.6 Å². The summed E-state index contributed by atoms with van der Waals surface area (Å²) in [5.41, 5.74) is 0.588. The van der Waals surface area contributed by atoms with Crippen molar-refractivity contribution in [2.45, 2.75) is 37.8 Å². The molecule has 0 radical (unpaired) electrons. The summed E-state index contributed by atoms with van der Waals surface area (Å²) < 4.78 is 18.7. The van der Waals surface area contributed by atoms with Gasteiger partial charge in [0.15, 0.2) is 5.78 Å². The first-order valence-corrected chi connectivity index (χ1v) is 7.38. The van der Waals surface area contributed by atoms with Gasteiger partial charge in [-0.25, -0.2) is 4.39 Å². The minimum atomic E-state index is -0.305. The summed E-state index contributed by atoms with van der Waals surface area (Å²) in [5.74, 6) is -0.239. The van der Waals surface area contributed by atoms with Gasteiger partial charge in [0.05, 0.1) is 19.3 Å². The zero-order valence-corrected chi connectivity index (χ0v) is 11.6. The number of carbonyl (C=O) groups is 1. The van der Waals surface area contributed by atoms with E-state index in [9.17, 15) is 9.18 Å². The van der Waals surface area contributed by atoms with Crippen LogP contribution in [0, 0.1) is 5.82 Å². The Labute approximate surface area is 118 Å². The lowest BCUT2D eigenvalue weighted by Crippen LogP contribution is -2.53. The average molecular weight is 277 g/mol. The van der Waals surface area contributed by atoms with Crippen LogP contribution in [0.2, 0.25) is 0 Å². The van der Waals surface area contributed by atoms with Crippen LogP contribution in [0.25, 0.3) is 0 Å². The number of benzene rings is 1. The molecule has 2 unspecified atom stereocenters. The Balaban J connectivity index is 1.66. The summed E-state index contributed by atoms with van der Waals surface area (Å²) >= 11 is 0. The number of hydrogen-bond donors (Lipinski definition) is 0. The molecular weight excluding hydrogens is 257 g/mol. The first-order valence-electron chi connectivity index (χ1n) is 7.38. The fourth-order valence-electron chi connectivity index (χ4n) is 3.28. The minimum absolute atomic E-state index is 0.0659. The molecule has 3 nitrogen and oxygen atoms in total. The third-order valence-electron chi connectivity index (χ3n) is 4.36. The highest BCUT2D eigenvalue weighted by Crippen LogP contribution is 2.28. The Morgan fingerprint density at radius 2 is 2.00 bits per heavy atom. The number of halogens is 1. The van der Waals surface area contributed by atoms with E-state index in [2.05, 4.69) is 4.90 Å². The van der Waals surface area contributed by atoms with Gasteiger partial charge in [-0.15, -0.1) is 0 Å². The molecule has 1 aromatic carbocycles. The van der Waals surface area contributed by atoms with Gasteiger partial charge >= 0.3 is 0 Å². The first kappa shape index (κ1) is 13.7. The monoisotopic (exact) mass is 277 g/mol. The number of ether oxygens (including phenoxy) is 1. The number of nitrogens with zero attached hydrogens (tertiary/aromatic N) is 1. The van der Waals surface area contributed by atoms with E-state index in [1.165, 1.54) is 25.0 Å². The van der Waals surface area contributed by atoms with Gasteiger partial charge in [0.1, 0.15) is 5.82 Å². The lowest BCUT2D eigenvalue weighted by atomic mass is 9.90. The average Bonchev–Trinajstić information content (AvgIpc) is 2.48. The van der Waals surface area contributed by atoms with Gasteiger partial charge in [-0.3, -0.25) is 9.69 Å². The van der Waals surface area contributed by atoms with Crippen LogP contribution in [0.3, 0.4) is 0 Å². The van der Waals surface area contributed by atoms with Crippen molar-refractivity contribution in [1.82, 2.24) is 4.90 Å². The van der Waals surface area contributed by atoms with Crippen molar-refractivity contribution >= 4 is 5.78 Å². The first-order chi connectivity index (χ1) is 9.74. The Bertz CT molecular complexity index is 472. The highest BCUT2D eigenvalue weighted by molar-refractivity contribution is 5.97. The Morgan fingerprint density at radius 3 is 2.80 bits per heavy atom. The van der Waals surface area contributed by atoms with Gasteiger partial charge in [-0.05, 0) is 37.1 Å². The zero-order valence-electron chi connectivity index (χ0n) is 11.6. The maximum atomic E-state index is 12.9. The van der Waals surface area contributed by atoms with Crippen LogP contribution >= 0.6 is 0 Å². The molecule has 20 heavy (non-hydrogen) atoms. The number of Topliss-reactive ketones (excluding diaryl/α,β-unsaturated/α-hetero) is 1. The van der Waals surface area contributed by atoms with Crippen LogP contribution in [-0.2, 0) is 4.74 Å². The topological polar surface area (TPSA) is 29.5 Å². The van der Waals surface area contributed by atoms with E-state index in [0.717, 1.165) is 19.4 Å². The van der Waals surface area contributed by atoms with Crippen molar-refractivity contribution in [2.24, 2.45) is 0 Å². The zero-order chi connectivity index (χ0) is 13.9. The minimum Gasteiger partial charge on any atom is -0.375 e. The van der Waals surface area contributed by atoms with Crippen molar-refractivity contribution in [3.63, 3.8) is 0 Å².